The van der Waals surface area contributed by atoms with E-state index in [1.54, 1.807) is 0 Å². The maximum Gasteiger partial charge on any atom is 0.416 e. The summed E-state index contributed by atoms with van der Waals surface area (Å²) in [5, 5.41) is 9.14. The third-order valence-corrected chi connectivity index (χ3v) is 6.35. The molecule has 1 unspecified atom stereocenters. The third kappa shape index (κ3) is 3.08. The third-order valence-electron chi connectivity index (χ3n) is 5.17. The number of phenols is 1. The summed E-state index contributed by atoms with van der Waals surface area (Å²) >= 11 is 18.3. The average Bonchev–Trinajstić information content (AvgIpc) is 3.10. The van der Waals surface area contributed by atoms with Crippen LogP contribution in [0.2, 0.25) is 5.02 Å². The van der Waals surface area contributed by atoms with Gasteiger partial charge in [-0.05, 0) is 30.7 Å². The first-order valence-electron chi connectivity index (χ1n) is 8.69. The van der Waals surface area contributed by atoms with Gasteiger partial charge in [-0.25, -0.2) is 0 Å². The van der Waals surface area contributed by atoms with Gasteiger partial charge in [0.2, 0.25) is 5.78 Å². The van der Waals surface area contributed by atoms with Crippen molar-refractivity contribution in [2.75, 3.05) is 0 Å². The number of carbonyl (C=O) groups is 2. The fourth-order valence-corrected chi connectivity index (χ4v) is 4.32. The molecule has 4 rings (SSSR count). The van der Waals surface area contributed by atoms with Crippen molar-refractivity contribution >= 4 is 46.5 Å². The molecule has 31 heavy (non-hydrogen) atoms. The predicted octanol–water partition coefficient (Wildman–Crippen LogP) is 5.38. The van der Waals surface area contributed by atoms with Gasteiger partial charge in [-0.2, -0.15) is 13.2 Å². The molecule has 2 aromatic rings. The lowest BCUT2D eigenvalue weighted by molar-refractivity contribution is -0.138. The molecule has 1 amide bonds. The molecule has 0 saturated heterocycles. The monoisotopic (exact) mass is 491 g/mol. The minimum Gasteiger partial charge on any atom is -0.506 e. The molecule has 11 heteroatoms. The van der Waals surface area contributed by atoms with Gasteiger partial charge in [-0.15, -0.1) is 0 Å². The van der Waals surface area contributed by atoms with Gasteiger partial charge < -0.3 is 9.84 Å². The Balaban J connectivity index is 1.78. The number of carbonyl (C=O) groups excluding carboxylic acids is 2. The van der Waals surface area contributed by atoms with Gasteiger partial charge in [0, 0.05) is 5.56 Å². The summed E-state index contributed by atoms with van der Waals surface area (Å²) in [6.07, 6.45) is -4.53. The molecular formula is C20H11Cl3F3NO4. The van der Waals surface area contributed by atoms with Gasteiger partial charge in [-0.1, -0.05) is 46.9 Å². The van der Waals surface area contributed by atoms with E-state index in [4.69, 9.17) is 39.5 Å². The Hall–Kier alpha value is -2.42. The van der Waals surface area contributed by atoms with Crippen LogP contribution >= 0.6 is 34.8 Å². The quantitative estimate of drug-likeness (QED) is 0.612. The fourth-order valence-electron chi connectivity index (χ4n) is 3.54. The predicted molar refractivity (Wildman–Crippen MR) is 106 cm³/mol. The lowest BCUT2D eigenvalue weighted by Crippen LogP contribution is -2.54. The van der Waals surface area contributed by atoms with Crippen LogP contribution in [-0.2, 0) is 17.5 Å². The number of benzene rings is 2. The van der Waals surface area contributed by atoms with Crippen molar-refractivity contribution in [2.24, 2.45) is 0 Å². The van der Waals surface area contributed by atoms with E-state index in [1.807, 2.05) is 0 Å². The van der Waals surface area contributed by atoms with Crippen molar-refractivity contribution in [2.45, 2.75) is 25.4 Å². The number of halogens is 6. The highest BCUT2D eigenvalue weighted by atomic mass is 35.5. The van der Waals surface area contributed by atoms with E-state index < -0.39 is 34.2 Å². The van der Waals surface area contributed by atoms with Crippen LogP contribution in [0.1, 0.15) is 27.0 Å². The van der Waals surface area contributed by atoms with Crippen LogP contribution in [-0.4, -0.2) is 27.4 Å². The Labute approximate surface area is 188 Å². The van der Waals surface area contributed by atoms with Gasteiger partial charge in [0.25, 0.3) is 11.6 Å². The summed E-state index contributed by atoms with van der Waals surface area (Å²) in [6, 6.07) is 5.24. The molecule has 2 aromatic carbocycles. The van der Waals surface area contributed by atoms with Gasteiger partial charge in [0.1, 0.15) is 21.6 Å². The zero-order valence-electron chi connectivity index (χ0n) is 15.5. The first kappa shape index (κ1) is 21.8. The highest BCUT2D eigenvalue weighted by Crippen LogP contribution is 2.52. The van der Waals surface area contributed by atoms with Crippen molar-refractivity contribution in [3.8, 4) is 11.5 Å². The molecule has 2 aliphatic rings. The summed E-state index contributed by atoms with van der Waals surface area (Å²) in [4.78, 5) is 27.1. The average molecular weight is 493 g/mol. The lowest BCUT2D eigenvalue weighted by Gasteiger charge is -2.33. The second-order valence-electron chi connectivity index (χ2n) is 7.00. The summed E-state index contributed by atoms with van der Waals surface area (Å²) in [5.74, 6) is -1.91. The van der Waals surface area contributed by atoms with Crippen molar-refractivity contribution in [1.29, 1.82) is 0 Å². The van der Waals surface area contributed by atoms with Crippen LogP contribution < -0.4 is 4.74 Å². The highest BCUT2D eigenvalue weighted by Gasteiger charge is 2.63. The number of amides is 1. The summed E-state index contributed by atoms with van der Waals surface area (Å²) in [5.41, 5.74) is -2.60. The van der Waals surface area contributed by atoms with E-state index in [2.05, 4.69) is 0 Å². The SMILES string of the molecule is Cc1c(O)c(Cl)cc2c1OC1(C2=O)C(Cl)=C(Cl)C(=O)N1Cc1ccc(C(F)(F)F)cc1. The lowest BCUT2D eigenvalue weighted by atomic mass is 10.0. The number of rotatable bonds is 2. The van der Waals surface area contributed by atoms with Crippen LogP contribution in [0.25, 0.3) is 0 Å². The minimum absolute atomic E-state index is 0.0185. The molecule has 1 atom stereocenters. The molecule has 1 spiro atoms. The van der Waals surface area contributed by atoms with Crippen molar-refractivity contribution in [1.82, 2.24) is 4.90 Å². The number of aromatic hydroxyl groups is 1. The van der Waals surface area contributed by atoms with E-state index in [-0.39, 0.29) is 44.8 Å². The van der Waals surface area contributed by atoms with Crippen molar-refractivity contribution < 1.29 is 32.6 Å². The number of hydrogen-bond donors (Lipinski definition) is 1. The summed E-state index contributed by atoms with van der Waals surface area (Å²) < 4.78 is 44.3. The maximum absolute atomic E-state index is 13.3. The van der Waals surface area contributed by atoms with Crippen molar-refractivity contribution in [3.63, 3.8) is 0 Å². The molecule has 5 nitrogen and oxygen atoms in total. The molecule has 0 bridgehead atoms. The molecule has 0 aliphatic carbocycles. The number of ketones is 1. The molecule has 2 aliphatic heterocycles. The van der Waals surface area contributed by atoms with Crippen molar-refractivity contribution in [3.05, 3.63) is 67.7 Å². The smallest absolute Gasteiger partial charge is 0.416 e. The molecule has 0 fully saturated rings. The first-order chi connectivity index (χ1) is 14.4. The topological polar surface area (TPSA) is 66.8 Å². The van der Waals surface area contributed by atoms with Gasteiger partial charge in [-0.3, -0.25) is 14.5 Å². The second-order valence-corrected chi connectivity index (χ2v) is 8.16. The summed E-state index contributed by atoms with van der Waals surface area (Å²) in [7, 11) is 0. The Morgan fingerprint density at radius 1 is 1.13 bits per heavy atom. The molecule has 0 saturated carbocycles. The van der Waals surface area contributed by atoms with E-state index in [9.17, 15) is 27.9 Å². The minimum atomic E-state index is -4.53. The Morgan fingerprint density at radius 3 is 2.32 bits per heavy atom. The standard InChI is InChI=1S/C20H11Cl3F3NO4/c1-8-14(28)12(21)6-11-15(8)31-19(17(11)29)16(23)13(22)18(30)27(19)7-9-2-4-10(5-3-9)20(24,25)26/h2-6,28H,7H2,1H3. The maximum atomic E-state index is 13.3. The van der Waals surface area contributed by atoms with Crippen LogP contribution in [0.5, 0.6) is 11.5 Å². The summed E-state index contributed by atoms with van der Waals surface area (Å²) in [6.45, 7) is 1.14. The number of fused-ring (bicyclic) bond motifs is 1. The van der Waals surface area contributed by atoms with Gasteiger partial charge in [0.05, 0.1) is 22.7 Å². The van der Waals surface area contributed by atoms with E-state index >= 15 is 0 Å². The number of ether oxygens (including phenoxy) is 1. The first-order valence-corrected chi connectivity index (χ1v) is 9.82. The number of nitrogens with zero attached hydrogens (tertiary/aromatic N) is 1. The van der Waals surface area contributed by atoms with Crippen LogP contribution in [0.3, 0.4) is 0 Å². The number of hydrogen-bond acceptors (Lipinski definition) is 4. The fraction of sp³-hybridized carbons (Fsp3) is 0.200. The van der Waals surface area contributed by atoms with E-state index in [1.165, 1.54) is 25.1 Å². The Kier molecular flexibility index (Phi) is 4.96. The van der Waals surface area contributed by atoms with Crippen LogP contribution in [0.15, 0.2) is 40.4 Å². The van der Waals surface area contributed by atoms with Crippen LogP contribution in [0.4, 0.5) is 13.2 Å². The van der Waals surface area contributed by atoms with Crippen LogP contribution in [0, 0.1) is 6.92 Å². The largest absolute Gasteiger partial charge is 0.506 e. The van der Waals surface area contributed by atoms with E-state index in [0.717, 1.165) is 17.0 Å². The zero-order valence-corrected chi connectivity index (χ0v) is 17.7. The normalized spacial score (nSPS) is 20.7. The van der Waals surface area contributed by atoms with Gasteiger partial charge >= 0.3 is 6.18 Å². The Bertz CT molecular complexity index is 1180. The molecule has 1 N–H and O–H groups in total. The van der Waals surface area contributed by atoms with E-state index in [0.29, 0.717) is 0 Å². The molecule has 0 radical (unpaired) electrons. The second kappa shape index (κ2) is 7.05. The molecular weight excluding hydrogens is 482 g/mol. The highest BCUT2D eigenvalue weighted by molar-refractivity contribution is 6.51. The Morgan fingerprint density at radius 2 is 1.74 bits per heavy atom. The number of Topliss-reactive ketones (excluding diaryl/α,β-unsaturated/α-hetero) is 1. The van der Waals surface area contributed by atoms with Gasteiger partial charge in [0.15, 0.2) is 0 Å². The molecule has 2 heterocycles. The zero-order chi connectivity index (χ0) is 22.9. The number of alkyl halides is 3. The molecule has 162 valence electrons. The number of phenolic OH excluding ortho intramolecular Hbond substituents is 1. The molecule has 0 aromatic heterocycles.